The average molecular weight is 390 g/mol. The van der Waals surface area contributed by atoms with Gasteiger partial charge in [0.2, 0.25) is 0 Å². The first-order chi connectivity index (χ1) is 11.5. The minimum Gasteiger partial charge on any atom is -0.353 e. The lowest BCUT2D eigenvalue weighted by molar-refractivity contribution is 0.102. The predicted octanol–water partition coefficient (Wildman–Crippen LogP) is 2.55. The highest BCUT2D eigenvalue weighted by molar-refractivity contribution is 9.10. The number of hydrogen-bond donors (Lipinski definition) is 1. The van der Waals surface area contributed by atoms with Crippen molar-refractivity contribution in [2.45, 2.75) is 6.92 Å². The Morgan fingerprint density at radius 3 is 2.54 bits per heavy atom. The molecule has 0 atom stereocenters. The third-order valence-electron chi connectivity index (χ3n) is 4.13. The van der Waals surface area contributed by atoms with E-state index in [1.807, 2.05) is 25.1 Å². The summed E-state index contributed by atoms with van der Waals surface area (Å²) in [4.78, 5) is 25.4. The van der Waals surface area contributed by atoms with Gasteiger partial charge in [-0.25, -0.2) is 9.97 Å². The van der Waals surface area contributed by atoms with Crippen LogP contribution in [0, 0.1) is 6.92 Å². The molecule has 1 amide bonds. The Kier molecular flexibility index (Phi) is 5.11. The number of rotatable bonds is 3. The van der Waals surface area contributed by atoms with E-state index in [1.54, 1.807) is 6.20 Å². The maximum atomic E-state index is 12.3. The summed E-state index contributed by atoms with van der Waals surface area (Å²) in [5, 5.41) is 2.84. The van der Waals surface area contributed by atoms with E-state index in [-0.39, 0.29) is 5.91 Å². The molecule has 1 aromatic heterocycles. The van der Waals surface area contributed by atoms with Gasteiger partial charge in [-0.3, -0.25) is 4.79 Å². The summed E-state index contributed by atoms with van der Waals surface area (Å²) < 4.78 is 0.955. The van der Waals surface area contributed by atoms with E-state index in [0.29, 0.717) is 5.69 Å². The van der Waals surface area contributed by atoms with Crippen molar-refractivity contribution in [3.05, 3.63) is 46.3 Å². The maximum Gasteiger partial charge on any atom is 0.275 e. The lowest BCUT2D eigenvalue weighted by atomic mass is 10.2. The fourth-order valence-electron chi connectivity index (χ4n) is 2.50. The van der Waals surface area contributed by atoms with Crippen LogP contribution in [-0.2, 0) is 0 Å². The van der Waals surface area contributed by atoms with Crippen molar-refractivity contribution in [3.8, 4) is 0 Å². The van der Waals surface area contributed by atoms with Crippen LogP contribution in [0.5, 0.6) is 0 Å². The molecule has 0 aliphatic carbocycles. The van der Waals surface area contributed by atoms with E-state index in [0.717, 1.165) is 47.7 Å². The third-order valence-corrected chi connectivity index (χ3v) is 4.98. The number of nitrogens with zero attached hydrogens (tertiary/aromatic N) is 4. The van der Waals surface area contributed by atoms with Crippen LogP contribution in [0.3, 0.4) is 0 Å². The minimum absolute atomic E-state index is 0.261. The quantitative estimate of drug-likeness (QED) is 0.873. The van der Waals surface area contributed by atoms with Gasteiger partial charge >= 0.3 is 0 Å². The van der Waals surface area contributed by atoms with Gasteiger partial charge in [0, 0.05) is 36.3 Å². The number of carbonyl (C=O) groups excluding carboxylic acids is 1. The molecule has 1 aliphatic rings. The van der Waals surface area contributed by atoms with Crippen LogP contribution in [0.4, 0.5) is 11.5 Å². The zero-order valence-corrected chi connectivity index (χ0v) is 15.4. The monoisotopic (exact) mass is 389 g/mol. The number of nitrogens with one attached hydrogen (secondary N) is 1. The van der Waals surface area contributed by atoms with Crippen molar-refractivity contribution in [2.75, 3.05) is 43.4 Å². The van der Waals surface area contributed by atoms with Crippen LogP contribution in [0.1, 0.15) is 16.1 Å². The zero-order valence-electron chi connectivity index (χ0n) is 13.8. The Hall–Kier alpha value is -1.99. The molecule has 24 heavy (non-hydrogen) atoms. The molecular formula is C17H20BrN5O. The van der Waals surface area contributed by atoms with Gasteiger partial charge in [-0.15, -0.1) is 0 Å². The van der Waals surface area contributed by atoms with Gasteiger partial charge in [-0.2, -0.15) is 0 Å². The van der Waals surface area contributed by atoms with Gasteiger partial charge in [-0.05, 0) is 31.7 Å². The molecule has 1 aromatic carbocycles. The number of aromatic nitrogens is 2. The van der Waals surface area contributed by atoms with E-state index >= 15 is 0 Å². The number of amides is 1. The molecule has 0 unspecified atom stereocenters. The van der Waals surface area contributed by atoms with E-state index in [2.05, 4.69) is 48.1 Å². The molecule has 7 heteroatoms. The second-order valence-corrected chi connectivity index (χ2v) is 6.82. The number of piperazine rings is 1. The summed E-state index contributed by atoms with van der Waals surface area (Å²) in [5.41, 5.74) is 2.15. The van der Waals surface area contributed by atoms with Gasteiger partial charge in [0.25, 0.3) is 5.91 Å². The molecule has 3 rings (SSSR count). The molecule has 1 aliphatic heterocycles. The first-order valence-electron chi connectivity index (χ1n) is 7.86. The molecule has 1 N–H and O–H groups in total. The first-order valence-corrected chi connectivity index (χ1v) is 8.65. The van der Waals surface area contributed by atoms with Gasteiger partial charge in [0.1, 0.15) is 11.5 Å². The van der Waals surface area contributed by atoms with Crippen LogP contribution in [0.2, 0.25) is 0 Å². The summed E-state index contributed by atoms with van der Waals surface area (Å²) in [5.74, 6) is 0.556. The zero-order chi connectivity index (χ0) is 17.1. The molecule has 0 saturated carbocycles. The van der Waals surface area contributed by atoms with Crippen molar-refractivity contribution >= 4 is 33.3 Å². The number of benzene rings is 1. The normalized spacial score (nSPS) is 15.4. The van der Waals surface area contributed by atoms with Gasteiger partial charge in [0.15, 0.2) is 0 Å². The van der Waals surface area contributed by atoms with Crippen molar-refractivity contribution < 1.29 is 4.79 Å². The largest absolute Gasteiger partial charge is 0.353 e. The van der Waals surface area contributed by atoms with Gasteiger partial charge in [0.05, 0.1) is 12.4 Å². The van der Waals surface area contributed by atoms with E-state index in [1.165, 1.54) is 6.20 Å². The van der Waals surface area contributed by atoms with Crippen LogP contribution >= 0.6 is 15.9 Å². The standard InChI is InChI=1S/C17H20BrN5O/c1-12-3-4-13(9-14(12)18)21-17(24)15-10-20-16(11-19-15)23-7-5-22(2)6-8-23/h3-4,9-11H,5-8H2,1-2H3,(H,21,24). The molecule has 0 radical (unpaired) electrons. The van der Waals surface area contributed by atoms with Crippen molar-refractivity contribution in [3.63, 3.8) is 0 Å². The molecule has 2 heterocycles. The lowest BCUT2D eigenvalue weighted by Crippen LogP contribution is -2.44. The number of halogens is 1. The number of anilines is 2. The summed E-state index contributed by atoms with van der Waals surface area (Å²) in [7, 11) is 2.11. The highest BCUT2D eigenvalue weighted by atomic mass is 79.9. The highest BCUT2D eigenvalue weighted by Crippen LogP contribution is 2.21. The fourth-order valence-corrected chi connectivity index (χ4v) is 2.88. The summed E-state index contributed by atoms with van der Waals surface area (Å²) in [6.45, 7) is 5.86. The number of aryl methyl sites for hydroxylation is 1. The smallest absolute Gasteiger partial charge is 0.275 e. The second-order valence-electron chi connectivity index (χ2n) is 5.97. The number of carbonyl (C=O) groups is 1. The molecule has 1 saturated heterocycles. The first kappa shape index (κ1) is 16.9. The topological polar surface area (TPSA) is 61.4 Å². The molecule has 2 aromatic rings. The molecular weight excluding hydrogens is 370 g/mol. The van der Waals surface area contributed by atoms with Crippen LogP contribution in [0.25, 0.3) is 0 Å². The summed E-state index contributed by atoms with van der Waals surface area (Å²) >= 11 is 3.46. The Bertz CT molecular complexity index is 726. The molecule has 0 spiro atoms. The van der Waals surface area contributed by atoms with Crippen LogP contribution < -0.4 is 10.2 Å². The third kappa shape index (κ3) is 3.91. The van der Waals surface area contributed by atoms with Gasteiger partial charge in [-0.1, -0.05) is 22.0 Å². The Labute approximate surface area is 150 Å². The Balaban J connectivity index is 1.66. The number of hydrogen-bond acceptors (Lipinski definition) is 5. The average Bonchev–Trinajstić information content (AvgIpc) is 2.59. The lowest BCUT2D eigenvalue weighted by Gasteiger charge is -2.32. The van der Waals surface area contributed by atoms with Gasteiger partial charge < -0.3 is 15.1 Å². The highest BCUT2D eigenvalue weighted by Gasteiger charge is 2.16. The minimum atomic E-state index is -0.261. The van der Waals surface area contributed by atoms with Crippen LogP contribution in [-0.4, -0.2) is 54.0 Å². The van der Waals surface area contributed by atoms with E-state index in [9.17, 15) is 4.79 Å². The molecule has 126 valence electrons. The van der Waals surface area contributed by atoms with E-state index in [4.69, 9.17) is 0 Å². The van der Waals surface area contributed by atoms with Crippen molar-refractivity contribution in [1.82, 2.24) is 14.9 Å². The second kappa shape index (κ2) is 7.27. The maximum absolute atomic E-state index is 12.3. The van der Waals surface area contributed by atoms with Crippen molar-refractivity contribution in [2.24, 2.45) is 0 Å². The number of likely N-dealkylation sites (N-methyl/N-ethyl adjacent to an activating group) is 1. The SMILES string of the molecule is Cc1ccc(NC(=O)c2cnc(N3CCN(C)CC3)cn2)cc1Br. The van der Waals surface area contributed by atoms with Crippen LogP contribution in [0.15, 0.2) is 35.1 Å². The molecule has 6 nitrogen and oxygen atoms in total. The Morgan fingerprint density at radius 2 is 1.92 bits per heavy atom. The fraction of sp³-hybridized carbons (Fsp3) is 0.353. The summed E-state index contributed by atoms with van der Waals surface area (Å²) in [6.07, 6.45) is 3.21. The van der Waals surface area contributed by atoms with Crippen molar-refractivity contribution in [1.29, 1.82) is 0 Å². The predicted molar refractivity (Wildman–Crippen MR) is 98.6 cm³/mol. The van der Waals surface area contributed by atoms with E-state index < -0.39 is 0 Å². The molecule has 1 fully saturated rings. The summed E-state index contributed by atoms with van der Waals surface area (Å²) in [6, 6.07) is 5.69. The Morgan fingerprint density at radius 1 is 1.17 bits per heavy atom. The molecule has 0 bridgehead atoms.